The van der Waals surface area contributed by atoms with Crippen LogP contribution in [0.1, 0.15) is 79.1 Å². The summed E-state index contributed by atoms with van der Waals surface area (Å²) < 4.78 is 11.2. The molecular formula is C17H36O2. The Morgan fingerprint density at radius 3 is 1.89 bits per heavy atom. The van der Waals surface area contributed by atoms with Gasteiger partial charge in [0.2, 0.25) is 0 Å². The van der Waals surface area contributed by atoms with Gasteiger partial charge in [-0.3, -0.25) is 0 Å². The first-order valence-electron chi connectivity index (χ1n) is 8.10. The summed E-state index contributed by atoms with van der Waals surface area (Å²) in [5.41, 5.74) is 0. The Morgan fingerprint density at radius 1 is 0.895 bits per heavy atom. The van der Waals surface area contributed by atoms with Crippen LogP contribution in [0.2, 0.25) is 0 Å². The third kappa shape index (κ3) is 7.94. The van der Waals surface area contributed by atoms with Crippen LogP contribution in [0.3, 0.4) is 0 Å². The molecule has 0 rings (SSSR count). The molecule has 0 amide bonds. The molecule has 2 heteroatoms. The molecular weight excluding hydrogens is 236 g/mol. The van der Waals surface area contributed by atoms with Gasteiger partial charge in [-0.2, -0.15) is 0 Å². The summed E-state index contributed by atoms with van der Waals surface area (Å²) >= 11 is 0. The van der Waals surface area contributed by atoms with Crippen molar-refractivity contribution in [3.63, 3.8) is 0 Å². The van der Waals surface area contributed by atoms with Crippen LogP contribution in [-0.2, 0) is 9.47 Å². The lowest BCUT2D eigenvalue weighted by Gasteiger charge is -2.36. The normalized spacial score (nSPS) is 14.1. The van der Waals surface area contributed by atoms with Gasteiger partial charge < -0.3 is 9.47 Å². The molecule has 1 atom stereocenters. The second kappa shape index (κ2) is 10.7. The molecule has 0 aromatic carbocycles. The number of ether oxygens (including phenoxy) is 2. The van der Waals surface area contributed by atoms with Gasteiger partial charge in [0.05, 0.1) is 0 Å². The van der Waals surface area contributed by atoms with Gasteiger partial charge in [0.1, 0.15) is 0 Å². The maximum atomic E-state index is 5.62. The molecule has 0 aromatic rings. The number of unbranched alkanes of at least 4 members (excludes halogenated alkanes) is 5. The van der Waals surface area contributed by atoms with Gasteiger partial charge in [-0.25, -0.2) is 0 Å². The maximum Gasteiger partial charge on any atom is 0.167 e. The first-order valence-corrected chi connectivity index (χ1v) is 8.10. The van der Waals surface area contributed by atoms with Crippen LogP contribution >= 0.6 is 0 Å². The van der Waals surface area contributed by atoms with E-state index in [4.69, 9.17) is 9.47 Å². The highest BCUT2D eigenvalue weighted by Gasteiger charge is 2.34. The molecule has 0 bridgehead atoms. The number of methoxy groups -OCH3 is 2. The van der Waals surface area contributed by atoms with Gasteiger partial charge >= 0.3 is 0 Å². The molecule has 19 heavy (non-hydrogen) atoms. The SMILES string of the molecule is CCCCCCCCC(CC(C)C)C(C)(OC)OC. The van der Waals surface area contributed by atoms with Crippen LogP contribution in [0, 0.1) is 11.8 Å². The lowest BCUT2D eigenvalue weighted by molar-refractivity contribution is -0.231. The zero-order chi connectivity index (χ0) is 14.7. The summed E-state index contributed by atoms with van der Waals surface area (Å²) in [4.78, 5) is 0. The van der Waals surface area contributed by atoms with E-state index in [2.05, 4.69) is 27.7 Å². The Labute approximate surface area is 121 Å². The van der Waals surface area contributed by atoms with Crippen molar-refractivity contribution in [2.45, 2.75) is 84.8 Å². The summed E-state index contributed by atoms with van der Waals surface area (Å²) in [5.74, 6) is 0.761. The van der Waals surface area contributed by atoms with E-state index in [0.717, 1.165) is 0 Å². The highest BCUT2D eigenvalue weighted by molar-refractivity contribution is 4.76. The molecule has 0 aliphatic carbocycles. The predicted molar refractivity (Wildman–Crippen MR) is 83.4 cm³/mol. The Hall–Kier alpha value is -0.0800. The van der Waals surface area contributed by atoms with Crippen molar-refractivity contribution < 1.29 is 9.47 Å². The summed E-state index contributed by atoms with van der Waals surface area (Å²) in [6.07, 6.45) is 10.5. The van der Waals surface area contributed by atoms with Crippen molar-refractivity contribution in [2.24, 2.45) is 11.8 Å². The first-order chi connectivity index (χ1) is 9.00. The molecule has 0 saturated heterocycles. The average molecular weight is 272 g/mol. The van der Waals surface area contributed by atoms with Gasteiger partial charge in [-0.1, -0.05) is 59.3 Å². The smallest absolute Gasteiger partial charge is 0.167 e. The minimum Gasteiger partial charge on any atom is -0.353 e. The molecule has 116 valence electrons. The molecule has 0 aliphatic heterocycles. The van der Waals surface area contributed by atoms with E-state index < -0.39 is 5.79 Å². The second-order valence-electron chi connectivity index (χ2n) is 6.31. The summed E-state index contributed by atoms with van der Waals surface area (Å²) in [6, 6.07) is 0. The molecule has 0 radical (unpaired) electrons. The first kappa shape index (κ1) is 18.9. The minimum atomic E-state index is -0.423. The lowest BCUT2D eigenvalue weighted by atomic mass is 9.85. The molecule has 0 aliphatic rings. The molecule has 0 spiro atoms. The van der Waals surface area contributed by atoms with Crippen molar-refractivity contribution in [3.05, 3.63) is 0 Å². The van der Waals surface area contributed by atoms with Crippen LogP contribution in [0.15, 0.2) is 0 Å². The summed E-state index contributed by atoms with van der Waals surface area (Å²) in [7, 11) is 3.52. The van der Waals surface area contributed by atoms with Crippen molar-refractivity contribution in [1.29, 1.82) is 0 Å². The Kier molecular flexibility index (Phi) is 10.6. The third-order valence-electron chi connectivity index (χ3n) is 4.21. The topological polar surface area (TPSA) is 18.5 Å². The quantitative estimate of drug-likeness (QED) is 0.349. The Morgan fingerprint density at radius 2 is 1.42 bits per heavy atom. The van der Waals surface area contributed by atoms with E-state index in [1.165, 1.54) is 51.4 Å². The van der Waals surface area contributed by atoms with Gasteiger partial charge in [-0.15, -0.1) is 0 Å². The maximum absolute atomic E-state index is 5.62. The second-order valence-corrected chi connectivity index (χ2v) is 6.31. The van der Waals surface area contributed by atoms with Crippen LogP contribution < -0.4 is 0 Å². The largest absolute Gasteiger partial charge is 0.353 e. The van der Waals surface area contributed by atoms with Crippen LogP contribution in [0.4, 0.5) is 0 Å². The van der Waals surface area contributed by atoms with Gasteiger partial charge in [0.15, 0.2) is 5.79 Å². The zero-order valence-electron chi connectivity index (χ0n) is 14.1. The van der Waals surface area contributed by atoms with E-state index in [9.17, 15) is 0 Å². The summed E-state index contributed by atoms with van der Waals surface area (Å²) in [6.45, 7) is 8.90. The monoisotopic (exact) mass is 272 g/mol. The van der Waals surface area contributed by atoms with Crippen molar-refractivity contribution >= 4 is 0 Å². The molecule has 0 saturated carbocycles. The Bertz CT molecular complexity index is 197. The van der Waals surface area contributed by atoms with Gasteiger partial charge in [0.25, 0.3) is 0 Å². The highest BCUT2D eigenvalue weighted by Crippen LogP contribution is 2.32. The number of hydrogen-bond donors (Lipinski definition) is 0. The van der Waals surface area contributed by atoms with Crippen LogP contribution in [0.5, 0.6) is 0 Å². The van der Waals surface area contributed by atoms with E-state index in [-0.39, 0.29) is 0 Å². The number of rotatable bonds is 12. The van der Waals surface area contributed by atoms with E-state index in [0.29, 0.717) is 11.8 Å². The van der Waals surface area contributed by atoms with Crippen molar-refractivity contribution in [3.8, 4) is 0 Å². The molecule has 0 N–H and O–H groups in total. The van der Waals surface area contributed by atoms with Crippen molar-refractivity contribution in [2.75, 3.05) is 14.2 Å². The molecule has 0 fully saturated rings. The summed E-state index contributed by atoms with van der Waals surface area (Å²) in [5, 5.41) is 0. The molecule has 0 aromatic heterocycles. The van der Waals surface area contributed by atoms with E-state index in [1.807, 2.05) is 0 Å². The van der Waals surface area contributed by atoms with E-state index in [1.54, 1.807) is 14.2 Å². The predicted octanol–water partition coefficient (Wildman–Crippen LogP) is 5.41. The molecule has 2 nitrogen and oxygen atoms in total. The van der Waals surface area contributed by atoms with Gasteiger partial charge in [-0.05, 0) is 25.7 Å². The fraction of sp³-hybridized carbons (Fsp3) is 1.00. The average Bonchev–Trinajstić information content (AvgIpc) is 2.40. The molecule has 1 unspecified atom stereocenters. The van der Waals surface area contributed by atoms with Crippen molar-refractivity contribution in [1.82, 2.24) is 0 Å². The van der Waals surface area contributed by atoms with Crippen LogP contribution in [-0.4, -0.2) is 20.0 Å². The van der Waals surface area contributed by atoms with Crippen LogP contribution in [0.25, 0.3) is 0 Å². The fourth-order valence-electron chi connectivity index (χ4n) is 2.75. The Balaban J connectivity index is 4.13. The third-order valence-corrected chi connectivity index (χ3v) is 4.21. The van der Waals surface area contributed by atoms with E-state index >= 15 is 0 Å². The highest BCUT2D eigenvalue weighted by atomic mass is 16.7. The fourth-order valence-corrected chi connectivity index (χ4v) is 2.75. The number of hydrogen-bond acceptors (Lipinski definition) is 2. The molecule has 0 heterocycles. The van der Waals surface area contributed by atoms with Gasteiger partial charge in [0, 0.05) is 20.1 Å². The standard InChI is InChI=1S/C17H36O2/c1-7-8-9-10-11-12-13-16(14-15(2)3)17(4,18-5)19-6/h15-16H,7-14H2,1-6H3. The zero-order valence-corrected chi connectivity index (χ0v) is 14.1. The minimum absolute atomic E-state index is 0.423. The lowest BCUT2D eigenvalue weighted by Crippen LogP contribution is -2.39.